The van der Waals surface area contributed by atoms with Crippen molar-refractivity contribution in [3.8, 4) is 0 Å². The molecule has 57 heavy (non-hydrogen) atoms. The molecule has 1 amide bonds. The lowest BCUT2D eigenvalue weighted by atomic mass is 10.0. The lowest BCUT2D eigenvalue weighted by Crippen LogP contribution is -2.45. The van der Waals surface area contributed by atoms with Crippen molar-refractivity contribution < 1.29 is 15.0 Å². The van der Waals surface area contributed by atoms with E-state index in [1.165, 1.54) is 103 Å². The highest BCUT2D eigenvalue weighted by Gasteiger charge is 2.19. The van der Waals surface area contributed by atoms with Crippen LogP contribution in [-0.2, 0) is 4.79 Å². The fourth-order valence-corrected chi connectivity index (χ4v) is 6.73. The number of allylic oxidation sites excluding steroid dienone is 16. The topological polar surface area (TPSA) is 69.6 Å². The summed E-state index contributed by atoms with van der Waals surface area (Å²) in [6, 6.07) is -0.567. The van der Waals surface area contributed by atoms with Gasteiger partial charge in [-0.05, 0) is 77.0 Å². The van der Waals surface area contributed by atoms with Crippen molar-refractivity contribution in [3.63, 3.8) is 0 Å². The molecule has 0 spiro atoms. The van der Waals surface area contributed by atoms with Gasteiger partial charge in [-0.15, -0.1) is 0 Å². The van der Waals surface area contributed by atoms with Crippen molar-refractivity contribution in [1.82, 2.24) is 5.32 Å². The van der Waals surface area contributed by atoms with Crippen molar-refractivity contribution in [2.24, 2.45) is 0 Å². The minimum atomic E-state index is -0.685. The zero-order chi connectivity index (χ0) is 41.4. The van der Waals surface area contributed by atoms with Crippen LogP contribution in [0.15, 0.2) is 97.2 Å². The summed E-state index contributed by atoms with van der Waals surface area (Å²) in [7, 11) is 0. The minimum absolute atomic E-state index is 0.0767. The fraction of sp³-hybridized carbons (Fsp3) is 0.679. The zero-order valence-electron chi connectivity index (χ0n) is 37.3. The van der Waals surface area contributed by atoms with Crippen LogP contribution >= 0.6 is 0 Å². The summed E-state index contributed by atoms with van der Waals surface area (Å²) in [5, 5.41) is 23.2. The largest absolute Gasteiger partial charge is 0.394 e. The van der Waals surface area contributed by atoms with Crippen LogP contribution in [0.5, 0.6) is 0 Å². The SMILES string of the molecule is CC/C=C\C/C=C\C/C=C\C/C=C\C/C=C\C/C=C\C/C=C\C/C=C\CCCCC(=O)NC(CO)C(O)CCCCCCCCCCCCCCCCCCCC. The monoisotopic (exact) mass is 790 g/mol. The van der Waals surface area contributed by atoms with Gasteiger partial charge >= 0.3 is 0 Å². The predicted molar refractivity (Wildman–Crippen MR) is 253 cm³/mol. The average molecular weight is 790 g/mol. The van der Waals surface area contributed by atoms with Crippen molar-refractivity contribution in [1.29, 1.82) is 0 Å². The number of carbonyl (C=O) groups excluding carboxylic acids is 1. The molecule has 0 saturated heterocycles. The Labute approximate surface area is 353 Å². The van der Waals surface area contributed by atoms with Gasteiger partial charge in [0.2, 0.25) is 5.91 Å². The summed E-state index contributed by atoms with van der Waals surface area (Å²) in [6.07, 6.45) is 70.6. The molecule has 0 heterocycles. The molecule has 0 fully saturated rings. The van der Waals surface area contributed by atoms with Crippen molar-refractivity contribution in [2.45, 2.75) is 225 Å². The molecule has 2 unspecified atom stereocenters. The third-order valence-corrected chi connectivity index (χ3v) is 10.4. The average Bonchev–Trinajstić information content (AvgIpc) is 3.22. The Morgan fingerprint density at radius 3 is 1.12 bits per heavy atom. The van der Waals surface area contributed by atoms with Gasteiger partial charge in [0, 0.05) is 6.42 Å². The maximum atomic E-state index is 12.4. The lowest BCUT2D eigenvalue weighted by Gasteiger charge is -2.22. The quantitative estimate of drug-likeness (QED) is 0.0426. The molecule has 3 N–H and O–H groups in total. The highest BCUT2D eigenvalue weighted by Crippen LogP contribution is 2.15. The molecule has 0 aromatic rings. The van der Waals surface area contributed by atoms with Gasteiger partial charge in [0.05, 0.1) is 18.8 Å². The highest BCUT2D eigenvalue weighted by molar-refractivity contribution is 5.76. The van der Waals surface area contributed by atoms with Gasteiger partial charge in [-0.3, -0.25) is 4.79 Å². The van der Waals surface area contributed by atoms with Crippen LogP contribution in [0.3, 0.4) is 0 Å². The lowest BCUT2D eigenvalue weighted by molar-refractivity contribution is -0.123. The molecule has 0 bridgehead atoms. The molecule has 326 valence electrons. The highest BCUT2D eigenvalue weighted by atomic mass is 16.3. The van der Waals surface area contributed by atoms with Crippen LogP contribution in [-0.4, -0.2) is 34.9 Å². The number of hydrogen-bond donors (Lipinski definition) is 3. The van der Waals surface area contributed by atoms with E-state index in [1.807, 2.05) is 0 Å². The van der Waals surface area contributed by atoms with E-state index >= 15 is 0 Å². The Balaban J connectivity index is 3.68. The molecule has 2 atom stereocenters. The second kappa shape index (κ2) is 47.7. The molecular weight excluding hydrogens is 699 g/mol. The Morgan fingerprint density at radius 2 is 0.772 bits per heavy atom. The van der Waals surface area contributed by atoms with Crippen LogP contribution in [0.1, 0.15) is 213 Å². The third kappa shape index (κ3) is 44.3. The van der Waals surface area contributed by atoms with Gasteiger partial charge < -0.3 is 15.5 Å². The first-order chi connectivity index (χ1) is 28.2. The Bertz CT molecular complexity index is 1080. The van der Waals surface area contributed by atoms with Gasteiger partial charge in [0.25, 0.3) is 0 Å². The standard InChI is InChI=1S/C53H91NO3/c1-3-5-7-9-11-13-15-17-19-21-23-24-25-26-27-28-29-30-31-33-35-37-39-41-43-45-47-49-53(57)54-51(50-55)52(56)48-46-44-42-40-38-36-34-32-22-20-18-16-14-12-10-8-6-4-2/h5,7,11,13,17,19,23-24,26-27,29-30,33,35,39,41,51-52,55-56H,3-4,6,8-10,12,14-16,18,20-22,25,28,31-32,34,36-38,40,42-50H2,1-2H3,(H,54,57)/b7-5-,13-11-,19-17-,24-23-,27-26-,30-29-,35-33-,41-39-. The molecule has 0 aromatic carbocycles. The smallest absolute Gasteiger partial charge is 0.220 e. The number of rotatable bonds is 42. The van der Waals surface area contributed by atoms with Gasteiger partial charge in [-0.2, -0.15) is 0 Å². The second-order valence-corrected chi connectivity index (χ2v) is 15.8. The summed E-state index contributed by atoms with van der Waals surface area (Å²) in [6.45, 7) is 4.22. The maximum Gasteiger partial charge on any atom is 0.220 e. The van der Waals surface area contributed by atoms with Gasteiger partial charge in [-0.25, -0.2) is 0 Å². The second-order valence-electron chi connectivity index (χ2n) is 15.8. The Kier molecular flexibility index (Phi) is 45.4. The minimum Gasteiger partial charge on any atom is -0.394 e. The van der Waals surface area contributed by atoms with Crippen LogP contribution in [0.4, 0.5) is 0 Å². The molecule has 0 aliphatic rings. The van der Waals surface area contributed by atoms with Crippen LogP contribution < -0.4 is 5.32 Å². The van der Waals surface area contributed by atoms with Gasteiger partial charge in [0.15, 0.2) is 0 Å². The zero-order valence-corrected chi connectivity index (χ0v) is 37.3. The van der Waals surface area contributed by atoms with Gasteiger partial charge in [-0.1, -0.05) is 227 Å². The predicted octanol–water partition coefficient (Wildman–Crippen LogP) is 15.4. The van der Waals surface area contributed by atoms with E-state index in [2.05, 4.69) is 116 Å². The Hall–Kier alpha value is -2.69. The summed E-state index contributed by atoms with van der Waals surface area (Å²) in [5.41, 5.74) is 0. The van der Waals surface area contributed by atoms with E-state index in [9.17, 15) is 15.0 Å². The Morgan fingerprint density at radius 1 is 0.439 bits per heavy atom. The van der Waals surface area contributed by atoms with Crippen LogP contribution in [0.25, 0.3) is 0 Å². The number of unbranched alkanes of at least 4 members (excludes halogenated alkanes) is 19. The molecule has 0 saturated carbocycles. The number of aliphatic hydroxyl groups excluding tert-OH is 2. The summed E-state index contributed by atoms with van der Waals surface area (Å²) >= 11 is 0. The van der Waals surface area contributed by atoms with E-state index < -0.39 is 12.1 Å². The van der Waals surface area contributed by atoms with E-state index in [0.717, 1.165) is 83.5 Å². The van der Waals surface area contributed by atoms with Gasteiger partial charge in [0.1, 0.15) is 0 Å². The first-order valence-electron chi connectivity index (χ1n) is 23.9. The third-order valence-electron chi connectivity index (χ3n) is 10.4. The number of amides is 1. The van der Waals surface area contributed by atoms with Crippen LogP contribution in [0, 0.1) is 0 Å². The fourth-order valence-electron chi connectivity index (χ4n) is 6.73. The van der Waals surface area contributed by atoms with Crippen molar-refractivity contribution >= 4 is 5.91 Å². The first-order valence-corrected chi connectivity index (χ1v) is 23.9. The van der Waals surface area contributed by atoms with Crippen LogP contribution in [0.2, 0.25) is 0 Å². The molecule has 0 aliphatic heterocycles. The summed E-state index contributed by atoms with van der Waals surface area (Å²) < 4.78 is 0. The molecule has 0 aliphatic carbocycles. The molecule has 0 rings (SSSR count). The number of nitrogens with one attached hydrogen (secondary N) is 1. The summed E-state index contributed by atoms with van der Waals surface area (Å²) in [5.74, 6) is -0.0767. The van der Waals surface area contributed by atoms with E-state index in [4.69, 9.17) is 0 Å². The van der Waals surface area contributed by atoms with Crippen molar-refractivity contribution in [3.05, 3.63) is 97.2 Å². The first kappa shape index (κ1) is 54.3. The molecule has 4 nitrogen and oxygen atoms in total. The summed E-state index contributed by atoms with van der Waals surface area (Å²) in [4.78, 5) is 12.4. The van der Waals surface area contributed by atoms with E-state index in [1.54, 1.807) is 0 Å². The van der Waals surface area contributed by atoms with E-state index in [-0.39, 0.29) is 12.5 Å². The van der Waals surface area contributed by atoms with E-state index in [0.29, 0.717) is 12.8 Å². The number of carbonyl (C=O) groups is 1. The normalized spacial score (nSPS) is 13.8. The number of hydrogen-bond acceptors (Lipinski definition) is 3. The maximum absolute atomic E-state index is 12.4. The molecule has 0 radical (unpaired) electrons. The van der Waals surface area contributed by atoms with Crippen molar-refractivity contribution in [2.75, 3.05) is 6.61 Å². The number of aliphatic hydroxyl groups is 2. The molecular formula is C53H91NO3. The molecule has 4 heteroatoms. The molecule has 0 aromatic heterocycles.